The fourth-order valence-corrected chi connectivity index (χ4v) is 1.88. The summed E-state index contributed by atoms with van der Waals surface area (Å²) in [6, 6.07) is 4.50. The molecule has 0 saturated heterocycles. The van der Waals surface area contributed by atoms with E-state index in [0.717, 1.165) is 10.7 Å². The van der Waals surface area contributed by atoms with E-state index in [0.29, 0.717) is 10.9 Å². The van der Waals surface area contributed by atoms with Crippen molar-refractivity contribution < 1.29 is 13.6 Å². The monoisotopic (exact) mass is 309 g/mol. The number of hydrogen-bond donors (Lipinski definition) is 1. The molecule has 1 amide bonds. The SMILES string of the molecule is Cl.NC(=O)n1n[c]c2cc(-c3cccc(F)c3F)ncc21. The van der Waals surface area contributed by atoms with Gasteiger partial charge in [-0.3, -0.25) is 4.98 Å². The Hall–Kier alpha value is -2.54. The Bertz CT molecular complexity index is 834. The molecule has 8 heteroatoms. The summed E-state index contributed by atoms with van der Waals surface area (Å²) in [5.41, 5.74) is 5.70. The molecule has 2 aromatic heterocycles. The van der Waals surface area contributed by atoms with E-state index in [1.54, 1.807) is 0 Å². The van der Waals surface area contributed by atoms with E-state index >= 15 is 0 Å². The van der Waals surface area contributed by atoms with Crippen molar-refractivity contribution >= 4 is 29.3 Å². The number of pyridine rings is 1. The van der Waals surface area contributed by atoms with Crippen LogP contribution in [0.15, 0.2) is 30.5 Å². The van der Waals surface area contributed by atoms with E-state index in [2.05, 4.69) is 16.3 Å². The Labute approximate surface area is 123 Å². The summed E-state index contributed by atoms with van der Waals surface area (Å²) in [7, 11) is 0. The van der Waals surface area contributed by atoms with Gasteiger partial charge in [-0.2, -0.15) is 9.78 Å². The Morgan fingerprint density at radius 1 is 1.33 bits per heavy atom. The number of amides is 1. The Morgan fingerprint density at radius 2 is 2.10 bits per heavy atom. The summed E-state index contributed by atoms with van der Waals surface area (Å²) < 4.78 is 27.8. The van der Waals surface area contributed by atoms with Gasteiger partial charge in [-0.15, -0.1) is 12.4 Å². The van der Waals surface area contributed by atoms with Gasteiger partial charge in [-0.1, -0.05) is 6.07 Å². The van der Waals surface area contributed by atoms with Gasteiger partial charge in [0.2, 0.25) is 0 Å². The number of rotatable bonds is 1. The smallest absolute Gasteiger partial charge is 0.340 e. The minimum Gasteiger partial charge on any atom is -0.350 e. The summed E-state index contributed by atoms with van der Waals surface area (Å²) in [6.45, 7) is 0. The minimum absolute atomic E-state index is 0. The Morgan fingerprint density at radius 3 is 2.81 bits per heavy atom. The topological polar surface area (TPSA) is 73.8 Å². The Balaban J connectivity index is 0.00000161. The maximum absolute atomic E-state index is 13.7. The van der Waals surface area contributed by atoms with Gasteiger partial charge in [-0.25, -0.2) is 13.6 Å². The summed E-state index contributed by atoms with van der Waals surface area (Å²) in [4.78, 5) is 15.1. The van der Waals surface area contributed by atoms with Crippen LogP contribution in [0, 0.1) is 17.8 Å². The molecule has 0 bridgehead atoms. The van der Waals surface area contributed by atoms with Crippen molar-refractivity contribution in [1.29, 1.82) is 0 Å². The predicted octanol–water partition coefficient (Wildman–Crippen LogP) is 2.53. The molecule has 0 fully saturated rings. The molecule has 0 atom stereocenters. The molecule has 107 valence electrons. The van der Waals surface area contributed by atoms with Crippen molar-refractivity contribution in [2.75, 3.05) is 0 Å². The molecular weight excluding hydrogens is 302 g/mol. The van der Waals surface area contributed by atoms with Crippen LogP contribution >= 0.6 is 12.4 Å². The minimum atomic E-state index is -0.985. The highest BCUT2D eigenvalue weighted by Gasteiger charge is 2.13. The van der Waals surface area contributed by atoms with Gasteiger partial charge >= 0.3 is 6.03 Å². The molecule has 5 nitrogen and oxygen atoms in total. The first kappa shape index (κ1) is 14.9. The molecule has 3 aromatic rings. The van der Waals surface area contributed by atoms with Crippen molar-refractivity contribution in [2.24, 2.45) is 5.73 Å². The molecule has 21 heavy (non-hydrogen) atoms. The first-order chi connectivity index (χ1) is 9.58. The fraction of sp³-hybridized carbons (Fsp3) is 0. The molecule has 0 aliphatic heterocycles. The zero-order valence-corrected chi connectivity index (χ0v) is 11.2. The third-order valence-electron chi connectivity index (χ3n) is 2.82. The number of aromatic nitrogens is 3. The summed E-state index contributed by atoms with van der Waals surface area (Å²) >= 11 is 0. The highest BCUT2D eigenvalue weighted by molar-refractivity contribution is 5.90. The van der Waals surface area contributed by atoms with E-state index in [9.17, 15) is 13.6 Å². The summed E-state index contributed by atoms with van der Waals surface area (Å²) in [5.74, 6) is -1.94. The van der Waals surface area contributed by atoms with Gasteiger partial charge in [0.25, 0.3) is 0 Å². The molecule has 2 heterocycles. The van der Waals surface area contributed by atoms with Gasteiger partial charge in [0.1, 0.15) is 6.20 Å². The number of carbonyl (C=O) groups is 1. The second-order valence-corrected chi connectivity index (χ2v) is 4.05. The van der Waals surface area contributed by atoms with Crippen LogP contribution in [0.5, 0.6) is 0 Å². The molecule has 0 saturated carbocycles. The van der Waals surface area contributed by atoms with E-state index in [-0.39, 0.29) is 23.7 Å². The van der Waals surface area contributed by atoms with E-state index in [1.165, 1.54) is 24.4 Å². The lowest BCUT2D eigenvalue weighted by molar-refractivity contribution is 0.248. The number of nitrogens with zero attached hydrogens (tertiary/aromatic N) is 3. The number of benzene rings is 1. The van der Waals surface area contributed by atoms with E-state index in [4.69, 9.17) is 5.73 Å². The molecule has 0 unspecified atom stereocenters. The van der Waals surface area contributed by atoms with Crippen molar-refractivity contribution in [3.8, 4) is 11.3 Å². The van der Waals surface area contributed by atoms with Crippen molar-refractivity contribution in [3.05, 3.63) is 48.3 Å². The molecule has 3 rings (SSSR count). The zero-order valence-electron chi connectivity index (χ0n) is 10.4. The lowest BCUT2D eigenvalue weighted by Gasteiger charge is -2.03. The van der Waals surface area contributed by atoms with Crippen LogP contribution in [-0.2, 0) is 0 Å². The van der Waals surface area contributed by atoms with Crippen molar-refractivity contribution in [3.63, 3.8) is 0 Å². The molecule has 0 aliphatic rings. The maximum Gasteiger partial charge on any atom is 0.340 e. The number of fused-ring (bicyclic) bond motifs is 1. The van der Waals surface area contributed by atoms with Crippen LogP contribution < -0.4 is 5.73 Å². The highest BCUT2D eigenvalue weighted by atomic mass is 35.5. The number of carbonyl (C=O) groups excluding carboxylic acids is 1. The van der Waals surface area contributed by atoms with Gasteiger partial charge < -0.3 is 5.73 Å². The predicted molar refractivity (Wildman–Crippen MR) is 73.9 cm³/mol. The number of primary amides is 1. The number of halogens is 3. The highest BCUT2D eigenvalue weighted by Crippen LogP contribution is 2.25. The zero-order chi connectivity index (χ0) is 14.3. The van der Waals surface area contributed by atoms with Crippen LogP contribution in [-0.4, -0.2) is 20.8 Å². The van der Waals surface area contributed by atoms with Crippen LogP contribution in [0.4, 0.5) is 13.6 Å². The lowest BCUT2D eigenvalue weighted by Crippen LogP contribution is -2.20. The normalized spacial score (nSPS) is 10.4. The average Bonchev–Trinajstić information content (AvgIpc) is 2.85. The molecule has 0 aliphatic carbocycles. The molecule has 1 radical (unpaired) electrons. The number of hydrogen-bond acceptors (Lipinski definition) is 3. The third kappa shape index (κ3) is 2.43. The first-order valence-corrected chi connectivity index (χ1v) is 5.58. The van der Waals surface area contributed by atoms with Gasteiger partial charge in [-0.05, 0) is 18.2 Å². The van der Waals surface area contributed by atoms with Crippen molar-refractivity contribution in [2.45, 2.75) is 0 Å². The third-order valence-corrected chi connectivity index (χ3v) is 2.82. The Kier molecular flexibility index (Phi) is 3.86. The molecule has 1 aromatic carbocycles. The standard InChI is InChI=1S/C13H7F2N4O.ClH/c14-9-3-1-2-8(12(9)15)10-4-7-5-18-19(13(16)20)11(7)6-17-10;/h1-4,6H,(H2,16,20);1H. The summed E-state index contributed by atoms with van der Waals surface area (Å²) in [5, 5.41) is 4.11. The molecule has 2 N–H and O–H groups in total. The van der Waals surface area contributed by atoms with Gasteiger partial charge in [0, 0.05) is 10.9 Å². The quantitative estimate of drug-likeness (QED) is 0.750. The van der Waals surface area contributed by atoms with Gasteiger partial charge in [0.15, 0.2) is 11.6 Å². The average molecular weight is 310 g/mol. The molecule has 0 spiro atoms. The second-order valence-electron chi connectivity index (χ2n) is 4.05. The molecular formula is C13H8ClF2N4O. The largest absolute Gasteiger partial charge is 0.350 e. The first-order valence-electron chi connectivity index (χ1n) is 5.58. The van der Waals surface area contributed by atoms with Crippen LogP contribution in [0.1, 0.15) is 0 Å². The maximum atomic E-state index is 13.7. The van der Waals surface area contributed by atoms with Crippen LogP contribution in [0.3, 0.4) is 0 Å². The van der Waals surface area contributed by atoms with Crippen molar-refractivity contribution in [1.82, 2.24) is 14.8 Å². The van der Waals surface area contributed by atoms with E-state index < -0.39 is 17.7 Å². The summed E-state index contributed by atoms with van der Waals surface area (Å²) in [6.07, 6.45) is 3.88. The van der Waals surface area contributed by atoms with Gasteiger partial charge in [0.05, 0.1) is 17.4 Å². The second kappa shape index (κ2) is 5.45. The fourth-order valence-electron chi connectivity index (χ4n) is 1.88. The lowest BCUT2D eigenvalue weighted by atomic mass is 10.1. The van der Waals surface area contributed by atoms with Crippen LogP contribution in [0.25, 0.3) is 22.2 Å². The van der Waals surface area contributed by atoms with Crippen LogP contribution in [0.2, 0.25) is 0 Å². The van der Waals surface area contributed by atoms with E-state index in [1.807, 2.05) is 0 Å². The number of nitrogens with two attached hydrogens (primary N) is 1.